The molecule has 1 aliphatic heterocycles. The van der Waals surface area contributed by atoms with Crippen LogP contribution in [0.25, 0.3) is 0 Å². The Balaban J connectivity index is 2.45. The van der Waals surface area contributed by atoms with Crippen LogP contribution in [0.3, 0.4) is 0 Å². The third kappa shape index (κ3) is 2.67. The molecule has 7 nitrogen and oxygen atoms in total. The van der Waals surface area contributed by atoms with E-state index in [9.17, 15) is 0 Å². The zero-order valence-electron chi connectivity index (χ0n) is 12.3. The quantitative estimate of drug-likeness (QED) is 0.645. The molecule has 5 N–H and O–H groups in total. The highest BCUT2D eigenvalue weighted by Crippen LogP contribution is 2.32. The molecule has 0 saturated carbocycles. The second-order valence-corrected chi connectivity index (χ2v) is 4.78. The van der Waals surface area contributed by atoms with Crippen molar-refractivity contribution < 1.29 is 0 Å². The first-order chi connectivity index (χ1) is 9.64. The largest absolute Gasteiger partial charge is 0.369 e. The number of hydrogen-bond acceptors (Lipinski definition) is 5. The molecule has 1 aliphatic rings. The van der Waals surface area contributed by atoms with Crippen molar-refractivity contribution in [1.29, 1.82) is 0 Å². The zero-order chi connectivity index (χ0) is 14.6. The number of nitrogens with one attached hydrogen (secondary N) is 3. The van der Waals surface area contributed by atoms with E-state index in [1.807, 2.05) is 13.8 Å². The summed E-state index contributed by atoms with van der Waals surface area (Å²) >= 11 is 0. The van der Waals surface area contributed by atoms with Gasteiger partial charge in [0.1, 0.15) is 23.4 Å². The van der Waals surface area contributed by atoms with E-state index < -0.39 is 5.66 Å². The Hall–Kier alpha value is -1.89. The molecule has 1 atom stereocenters. The molecule has 0 aliphatic carbocycles. The van der Waals surface area contributed by atoms with Crippen LogP contribution in [0, 0.1) is 0 Å². The minimum atomic E-state index is -0.722. The number of nitrogens with zero attached hydrogens (tertiary/aromatic N) is 3. The monoisotopic (exact) mass is 277 g/mol. The normalized spacial score (nSPS) is 22.9. The summed E-state index contributed by atoms with van der Waals surface area (Å²) in [5.74, 6) is 1.43. The average Bonchev–Trinajstić information content (AvgIpc) is 2.46. The van der Waals surface area contributed by atoms with Crippen LogP contribution >= 0.6 is 0 Å². The zero-order valence-corrected chi connectivity index (χ0v) is 12.3. The second kappa shape index (κ2) is 6.04. The lowest BCUT2D eigenvalue weighted by atomic mass is 10.00. The Morgan fingerprint density at radius 1 is 1.35 bits per heavy atom. The molecule has 110 valence electrons. The van der Waals surface area contributed by atoms with Crippen molar-refractivity contribution in [2.24, 2.45) is 10.7 Å². The molecule has 0 spiro atoms. The van der Waals surface area contributed by atoms with Crippen LogP contribution in [0.15, 0.2) is 11.3 Å². The number of fused-ring (bicyclic) bond motifs is 1. The van der Waals surface area contributed by atoms with Gasteiger partial charge in [-0.2, -0.15) is 0 Å². The molecule has 0 aromatic carbocycles. The van der Waals surface area contributed by atoms with Crippen LogP contribution in [0.2, 0.25) is 0 Å². The molecule has 2 heterocycles. The highest BCUT2D eigenvalue weighted by Gasteiger charge is 2.36. The maximum atomic E-state index is 6.45. The molecule has 1 unspecified atom stereocenters. The fourth-order valence-corrected chi connectivity index (χ4v) is 2.12. The van der Waals surface area contributed by atoms with E-state index in [2.05, 4.69) is 37.8 Å². The Kier molecular flexibility index (Phi) is 4.39. The van der Waals surface area contributed by atoms with Gasteiger partial charge in [0, 0.05) is 13.1 Å². The van der Waals surface area contributed by atoms with Crippen molar-refractivity contribution >= 4 is 17.5 Å². The van der Waals surface area contributed by atoms with Gasteiger partial charge in [-0.05, 0) is 19.8 Å². The lowest BCUT2D eigenvalue weighted by molar-refractivity contribution is 0.377. The first-order valence-electron chi connectivity index (χ1n) is 7.12. The van der Waals surface area contributed by atoms with E-state index in [-0.39, 0.29) is 0 Å². The van der Waals surface area contributed by atoms with Crippen LogP contribution < -0.4 is 21.7 Å². The topological polar surface area (TPSA) is 100 Å². The van der Waals surface area contributed by atoms with Gasteiger partial charge in [-0.25, -0.2) is 9.97 Å². The predicted molar refractivity (Wildman–Crippen MR) is 81.7 cm³/mol. The molecular weight excluding hydrogens is 254 g/mol. The summed E-state index contributed by atoms with van der Waals surface area (Å²) in [7, 11) is 0. The molecule has 0 fully saturated rings. The van der Waals surface area contributed by atoms with Gasteiger partial charge in [-0.15, -0.1) is 0 Å². The number of aromatic nitrogens is 2. The van der Waals surface area contributed by atoms with E-state index >= 15 is 0 Å². The van der Waals surface area contributed by atoms with Gasteiger partial charge in [-0.1, -0.05) is 13.8 Å². The highest BCUT2D eigenvalue weighted by molar-refractivity contribution is 5.99. The molecule has 0 bridgehead atoms. The van der Waals surface area contributed by atoms with Crippen LogP contribution in [-0.2, 0) is 5.66 Å². The van der Waals surface area contributed by atoms with Gasteiger partial charge in [-0.3, -0.25) is 4.99 Å². The molecule has 2 rings (SSSR count). The summed E-state index contributed by atoms with van der Waals surface area (Å²) in [6, 6.07) is 0. The number of anilines is 2. The minimum Gasteiger partial charge on any atom is -0.369 e. The van der Waals surface area contributed by atoms with E-state index in [1.165, 1.54) is 6.33 Å². The second-order valence-electron chi connectivity index (χ2n) is 4.78. The summed E-state index contributed by atoms with van der Waals surface area (Å²) in [5.41, 5.74) is 7.30. The Labute approximate surface area is 119 Å². The summed E-state index contributed by atoms with van der Waals surface area (Å²) in [6.07, 6.45) is 3.22. The maximum Gasteiger partial charge on any atom is 0.197 e. The average molecular weight is 277 g/mol. The van der Waals surface area contributed by atoms with Crippen LogP contribution in [0.5, 0.6) is 0 Å². The number of rotatable bonds is 5. The van der Waals surface area contributed by atoms with Crippen molar-refractivity contribution in [3.8, 4) is 0 Å². The van der Waals surface area contributed by atoms with Gasteiger partial charge >= 0.3 is 0 Å². The molecule has 0 radical (unpaired) electrons. The summed E-state index contributed by atoms with van der Waals surface area (Å²) < 4.78 is 0. The first kappa shape index (κ1) is 14.5. The summed E-state index contributed by atoms with van der Waals surface area (Å²) in [4.78, 5) is 13.1. The van der Waals surface area contributed by atoms with Crippen LogP contribution in [0.1, 0.15) is 39.3 Å². The van der Waals surface area contributed by atoms with Gasteiger partial charge in [0.15, 0.2) is 11.8 Å². The fourth-order valence-electron chi connectivity index (χ4n) is 2.12. The maximum absolute atomic E-state index is 6.45. The van der Waals surface area contributed by atoms with E-state index in [0.29, 0.717) is 12.4 Å². The smallest absolute Gasteiger partial charge is 0.197 e. The molecule has 20 heavy (non-hydrogen) atoms. The Bertz CT molecular complexity index is 499. The molecular formula is C13H23N7. The minimum absolute atomic E-state index is 0.678. The van der Waals surface area contributed by atoms with Crippen LogP contribution in [0.4, 0.5) is 11.5 Å². The lowest BCUT2D eigenvalue weighted by Gasteiger charge is -2.37. The van der Waals surface area contributed by atoms with Crippen LogP contribution in [-0.4, -0.2) is 29.0 Å². The lowest BCUT2D eigenvalue weighted by Crippen LogP contribution is -2.58. The molecule has 1 aromatic rings. The number of aliphatic imine (C=N–C) groups is 1. The third-order valence-electron chi connectivity index (χ3n) is 3.25. The predicted octanol–water partition coefficient (Wildman–Crippen LogP) is 1.21. The first-order valence-corrected chi connectivity index (χ1v) is 7.12. The molecule has 7 heteroatoms. The highest BCUT2D eigenvalue weighted by atomic mass is 15.3. The molecule has 0 amide bonds. The molecule has 0 saturated heterocycles. The van der Waals surface area contributed by atoms with Crippen molar-refractivity contribution in [3.05, 3.63) is 12.0 Å². The number of guanidine groups is 1. The van der Waals surface area contributed by atoms with E-state index in [1.54, 1.807) is 0 Å². The van der Waals surface area contributed by atoms with Gasteiger partial charge in [0.05, 0.1) is 0 Å². The van der Waals surface area contributed by atoms with Gasteiger partial charge in [0.2, 0.25) is 0 Å². The van der Waals surface area contributed by atoms with E-state index in [4.69, 9.17) is 5.73 Å². The van der Waals surface area contributed by atoms with Crippen molar-refractivity contribution in [2.75, 3.05) is 23.7 Å². The number of nitrogens with two attached hydrogens (primary N) is 1. The Morgan fingerprint density at radius 2 is 2.15 bits per heavy atom. The summed E-state index contributed by atoms with van der Waals surface area (Å²) in [5, 5.41) is 9.71. The SMILES string of the molecule is CCCN=C1Nc2c(NCC)ncnc2C(N)(CC)N1. The van der Waals surface area contributed by atoms with E-state index in [0.717, 1.165) is 36.7 Å². The Morgan fingerprint density at radius 3 is 2.80 bits per heavy atom. The third-order valence-corrected chi connectivity index (χ3v) is 3.25. The number of hydrogen-bond donors (Lipinski definition) is 4. The van der Waals surface area contributed by atoms with Crippen molar-refractivity contribution in [2.45, 2.75) is 39.3 Å². The van der Waals surface area contributed by atoms with Crippen molar-refractivity contribution in [1.82, 2.24) is 15.3 Å². The summed E-state index contributed by atoms with van der Waals surface area (Å²) in [6.45, 7) is 7.66. The fraction of sp³-hybridized carbons (Fsp3) is 0.615. The van der Waals surface area contributed by atoms with Gasteiger partial charge in [0.25, 0.3) is 0 Å². The molecule has 1 aromatic heterocycles. The van der Waals surface area contributed by atoms with Crippen molar-refractivity contribution in [3.63, 3.8) is 0 Å². The van der Waals surface area contributed by atoms with Gasteiger partial charge < -0.3 is 21.7 Å². The standard InChI is InChI=1S/C13H23N7/c1-4-7-16-12-19-9-10(13(14,5-2)20-12)17-8-18-11(9)15-6-3/h8H,4-7,14H2,1-3H3,(H,15,17,18)(H2,16,19,20).